The summed E-state index contributed by atoms with van der Waals surface area (Å²) in [5.41, 5.74) is 2.97. The Labute approximate surface area is 174 Å². The van der Waals surface area contributed by atoms with Crippen molar-refractivity contribution in [2.45, 2.75) is 38.0 Å². The van der Waals surface area contributed by atoms with Crippen molar-refractivity contribution in [1.29, 1.82) is 0 Å². The highest BCUT2D eigenvalue weighted by Crippen LogP contribution is 2.33. The molecule has 29 heavy (non-hydrogen) atoms. The first-order valence-electron chi connectivity index (χ1n) is 9.93. The van der Waals surface area contributed by atoms with E-state index in [9.17, 15) is 9.18 Å². The molecule has 1 amide bonds. The lowest BCUT2D eigenvalue weighted by molar-refractivity contribution is 0.102. The maximum Gasteiger partial charge on any atom is 0.258 e. The van der Waals surface area contributed by atoms with Crippen LogP contribution in [0.4, 0.5) is 10.1 Å². The number of carbonyl (C=O) groups excluding carboxylic acids is 1. The van der Waals surface area contributed by atoms with Crippen LogP contribution in [0.2, 0.25) is 5.02 Å². The number of hydrogen-bond acceptors (Lipinski definition) is 2. The molecule has 3 aromatic rings. The third-order valence-corrected chi connectivity index (χ3v) is 5.80. The molecule has 3 nitrogen and oxygen atoms in total. The summed E-state index contributed by atoms with van der Waals surface area (Å²) in [6, 6.07) is 15.7. The van der Waals surface area contributed by atoms with Gasteiger partial charge in [-0.25, -0.2) is 4.39 Å². The molecule has 0 bridgehead atoms. The summed E-state index contributed by atoms with van der Waals surface area (Å²) in [5, 5.41) is 3.21. The summed E-state index contributed by atoms with van der Waals surface area (Å²) in [4.78, 5) is 16.7. The molecule has 1 aliphatic carbocycles. The van der Waals surface area contributed by atoms with Crippen molar-refractivity contribution in [2.75, 3.05) is 5.32 Å². The number of rotatable bonds is 4. The van der Waals surface area contributed by atoms with Gasteiger partial charge in [0.15, 0.2) is 0 Å². The first-order chi connectivity index (χ1) is 14.1. The molecule has 4 rings (SSSR count). The molecule has 148 valence electrons. The van der Waals surface area contributed by atoms with Gasteiger partial charge in [0, 0.05) is 17.4 Å². The van der Waals surface area contributed by atoms with Crippen molar-refractivity contribution in [1.82, 2.24) is 4.98 Å². The van der Waals surface area contributed by atoms with E-state index in [1.54, 1.807) is 24.4 Å². The van der Waals surface area contributed by atoms with Crippen LogP contribution in [0.25, 0.3) is 11.3 Å². The quantitative estimate of drug-likeness (QED) is 0.513. The summed E-state index contributed by atoms with van der Waals surface area (Å²) >= 11 is 6.13. The van der Waals surface area contributed by atoms with E-state index >= 15 is 0 Å². The third kappa shape index (κ3) is 4.48. The van der Waals surface area contributed by atoms with Gasteiger partial charge in [-0.2, -0.15) is 0 Å². The first kappa shape index (κ1) is 19.6. The molecule has 1 aliphatic rings. The van der Waals surface area contributed by atoms with E-state index in [1.165, 1.54) is 49.8 Å². The maximum absolute atomic E-state index is 14.6. The van der Waals surface area contributed by atoms with Crippen LogP contribution in [0.5, 0.6) is 0 Å². The maximum atomic E-state index is 14.6. The van der Waals surface area contributed by atoms with E-state index in [2.05, 4.69) is 22.4 Å². The van der Waals surface area contributed by atoms with Gasteiger partial charge in [-0.1, -0.05) is 49.1 Å². The number of nitrogens with zero attached hydrogens (tertiary/aromatic N) is 1. The Morgan fingerprint density at radius 1 is 1.03 bits per heavy atom. The number of halogens is 2. The molecule has 0 spiro atoms. The Morgan fingerprint density at radius 2 is 1.79 bits per heavy atom. The number of pyridine rings is 1. The molecule has 0 unspecified atom stereocenters. The standard InChI is InChI=1S/C24H22ClFN2O/c25-21-7-4-14-27-23(21)18-10-13-20(22(26)15-18)24(29)28-19-11-8-17(9-12-19)16-5-2-1-3-6-16/h4,7-16H,1-3,5-6H2,(H,28,29). The van der Waals surface area contributed by atoms with Gasteiger partial charge in [0.2, 0.25) is 0 Å². The normalized spacial score (nSPS) is 14.6. The number of carbonyl (C=O) groups is 1. The molecule has 2 aromatic carbocycles. The average Bonchev–Trinajstić information content (AvgIpc) is 2.75. The molecule has 0 saturated heterocycles. The van der Waals surface area contributed by atoms with Gasteiger partial charge in [0.25, 0.3) is 5.91 Å². The molecule has 1 heterocycles. The lowest BCUT2D eigenvalue weighted by atomic mass is 9.84. The van der Waals surface area contributed by atoms with Crippen LogP contribution in [0.15, 0.2) is 60.8 Å². The van der Waals surface area contributed by atoms with Crippen LogP contribution in [0.3, 0.4) is 0 Å². The van der Waals surface area contributed by atoms with Crippen molar-refractivity contribution in [3.63, 3.8) is 0 Å². The molecule has 1 aromatic heterocycles. The predicted octanol–water partition coefficient (Wildman–Crippen LogP) is 6.84. The Kier molecular flexibility index (Phi) is 5.91. The first-order valence-corrected chi connectivity index (χ1v) is 10.3. The van der Waals surface area contributed by atoms with Crippen molar-refractivity contribution in [3.8, 4) is 11.3 Å². The van der Waals surface area contributed by atoms with Crippen molar-refractivity contribution >= 4 is 23.2 Å². The number of hydrogen-bond donors (Lipinski definition) is 1. The number of nitrogens with one attached hydrogen (secondary N) is 1. The van der Waals surface area contributed by atoms with Crippen LogP contribution < -0.4 is 5.32 Å². The second kappa shape index (κ2) is 8.75. The Hall–Kier alpha value is -2.72. The molecule has 1 fully saturated rings. The molecule has 0 aliphatic heterocycles. The SMILES string of the molecule is O=C(Nc1ccc(C2CCCCC2)cc1)c1ccc(-c2ncccc2Cl)cc1F. The number of aromatic nitrogens is 1. The number of amides is 1. The molecular weight excluding hydrogens is 387 g/mol. The zero-order valence-corrected chi connectivity index (χ0v) is 16.8. The lowest BCUT2D eigenvalue weighted by Crippen LogP contribution is -2.14. The third-order valence-electron chi connectivity index (χ3n) is 5.49. The fraction of sp³-hybridized carbons (Fsp3) is 0.250. The van der Waals surface area contributed by atoms with Crippen LogP contribution in [-0.2, 0) is 0 Å². The van der Waals surface area contributed by atoms with Gasteiger partial charge in [-0.05, 0) is 60.7 Å². The van der Waals surface area contributed by atoms with Crippen LogP contribution in [0, 0.1) is 5.82 Å². The van der Waals surface area contributed by atoms with E-state index in [1.807, 2.05) is 12.1 Å². The molecule has 0 radical (unpaired) electrons. The smallest absolute Gasteiger partial charge is 0.258 e. The summed E-state index contributed by atoms with van der Waals surface area (Å²) in [6.45, 7) is 0. The van der Waals surface area contributed by atoms with Crippen LogP contribution in [-0.4, -0.2) is 10.9 Å². The highest BCUT2D eigenvalue weighted by atomic mass is 35.5. The zero-order valence-electron chi connectivity index (χ0n) is 16.0. The zero-order chi connectivity index (χ0) is 20.2. The predicted molar refractivity (Wildman–Crippen MR) is 115 cm³/mol. The molecular formula is C24H22ClFN2O. The van der Waals surface area contributed by atoms with Gasteiger partial charge < -0.3 is 5.32 Å². The second-order valence-corrected chi connectivity index (χ2v) is 7.85. The van der Waals surface area contributed by atoms with Crippen LogP contribution in [0.1, 0.15) is 53.9 Å². The fourth-order valence-electron chi connectivity index (χ4n) is 3.92. The van der Waals surface area contributed by atoms with Crippen molar-refractivity contribution in [3.05, 3.63) is 82.8 Å². The number of benzene rings is 2. The highest BCUT2D eigenvalue weighted by Gasteiger charge is 2.17. The average molecular weight is 409 g/mol. The minimum atomic E-state index is -0.611. The Morgan fingerprint density at radius 3 is 2.48 bits per heavy atom. The van der Waals surface area contributed by atoms with E-state index in [-0.39, 0.29) is 5.56 Å². The molecule has 1 saturated carbocycles. The topological polar surface area (TPSA) is 42.0 Å². The van der Waals surface area contributed by atoms with E-state index in [4.69, 9.17) is 11.6 Å². The Bertz CT molecular complexity index is 1010. The van der Waals surface area contributed by atoms with E-state index < -0.39 is 11.7 Å². The van der Waals surface area contributed by atoms with Crippen LogP contribution >= 0.6 is 11.6 Å². The van der Waals surface area contributed by atoms with Gasteiger partial charge >= 0.3 is 0 Å². The molecule has 1 N–H and O–H groups in total. The van der Waals surface area contributed by atoms with Gasteiger partial charge in [-0.15, -0.1) is 0 Å². The van der Waals surface area contributed by atoms with Crippen molar-refractivity contribution < 1.29 is 9.18 Å². The summed E-state index contributed by atoms with van der Waals surface area (Å²) in [5.74, 6) is -0.482. The second-order valence-electron chi connectivity index (χ2n) is 7.44. The summed E-state index contributed by atoms with van der Waals surface area (Å²) < 4.78 is 14.6. The van der Waals surface area contributed by atoms with E-state index in [0.29, 0.717) is 27.9 Å². The highest BCUT2D eigenvalue weighted by molar-refractivity contribution is 6.33. The largest absolute Gasteiger partial charge is 0.322 e. The Balaban J connectivity index is 1.47. The number of anilines is 1. The minimum absolute atomic E-state index is 0.0165. The van der Waals surface area contributed by atoms with Gasteiger partial charge in [0.05, 0.1) is 16.3 Å². The molecule has 5 heteroatoms. The van der Waals surface area contributed by atoms with Gasteiger partial charge in [0.1, 0.15) is 5.82 Å². The summed E-state index contributed by atoms with van der Waals surface area (Å²) in [6.07, 6.45) is 7.93. The fourth-order valence-corrected chi connectivity index (χ4v) is 4.15. The lowest BCUT2D eigenvalue weighted by Gasteiger charge is -2.22. The monoisotopic (exact) mass is 408 g/mol. The van der Waals surface area contributed by atoms with Crippen molar-refractivity contribution in [2.24, 2.45) is 0 Å². The van der Waals surface area contributed by atoms with Gasteiger partial charge in [-0.3, -0.25) is 9.78 Å². The minimum Gasteiger partial charge on any atom is -0.322 e. The summed E-state index contributed by atoms with van der Waals surface area (Å²) in [7, 11) is 0. The van der Waals surface area contributed by atoms with E-state index in [0.717, 1.165) is 0 Å². The molecule has 0 atom stereocenters.